The minimum atomic E-state index is -2.67. The first-order valence-corrected chi connectivity index (χ1v) is 5.44. The summed E-state index contributed by atoms with van der Waals surface area (Å²) in [6.07, 6.45) is -1.40. The maximum absolute atomic E-state index is 12.0. The molecule has 0 spiro atoms. The maximum Gasteiger partial charge on any atom is 0.265 e. The SMILES string of the molecule is CCC1CC(NCC(O)C(F)F)CCO1. The first kappa shape index (κ1) is 12.8. The van der Waals surface area contributed by atoms with Gasteiger partial charge in [-0.15, -0.1) is 0 Å². The minimum Gasteiger partial charge on any atom is -0.386 e. The number of aliphatic hydroxyl groups is 1. The molecule has 3 nitrogen and oxygen atoms in total. The van der Waals surface area contributed by atoms with Crippen LogP contribution in [-0.2, 0) is 4.74 Å². The minimum absolute atomic E-state index is 0.0429. The van der Waals surface area contributed by atoms with Crippen LogP contribution in [0.4, 0.5) is 8.78 Å². The molecular weight excluding hydrogens is 204 g/mol. The van der Waals surface area contributed by atoms with Gasteiger partial charge in [-0.3, -0.25) is 0 Å². The Kier molecular flexibility index (Phi) is 5.42. The third-order valence-electron chi connectivity index (χ3n) is 2.73. The first-order chi connectivity index (χ1) is 7.13. The molecule has 0 radical (unpaired) electrons. The molecule has 0 aromatic rings. The predicted molar refractivity (Wildman–Crippen MR) is 53.1 cm³/mol. The highest BCUT2D eigenvalue weighted by Crippen LogP contribution is 2.16. The molecule has 3 unspecified atom stereocenters. The molecule has 2 N–H and O–H groups in total. The van der Waals surface area contributed by atoms with Gasteiger partial charge >= 0.3 is 0 Å². The Hall–Kier alpha value is -0.260. The molecule has 1 heterocycles. The van der Waals surface area contributed by atoms with Gasteiger partial charge < -0.3 is 15.2 Å². The monoisotopic (exact) mass is 223 g/mol. The van der Waals surface area contributed by atoms with E-state index in [1.165, 1.54) is 0 Å². The van der Waals surface area contributed by atoms with Gasteiger partial charge in [0.25, 0.3) is 6.43 Å². The normalized spacial score (nSPS) is 29.4. The van der Waals surface area contributed by atoms with E-state index in [1.54, 1.807) is 0 Å². The van der Waals surface area contributed by atoms with Crippen molar-refractivity contribution in [2.45, 2.75) is 50.9 Å². The molecule has 0 saturated carbocycles. The van der Waals surface area contributed by atoms with E-state index in [4.69, 9.17) is 9.84 Å². The largest absolute Gasteiger partial charge is 0.386 e. The molecule has 0 aromatic carbocycles. The van der Waals surface area contributed by atoms with Crippen LogP contribution in [0.1, 0.15) is 26.2 Å². The summed E-state index contributed by atoms with van der Waals surface area (Å²) in [5.74, 6) is 0. The lowest BCUT2D eigenvalue weighted by Gasteiger charge is -2.30. The summed E-state index contributed by atoms with van der Waals surface area (Å²) in [6.45, 7) is 2.67. The highest BCUT2D eigenvalue weighted by molar-refractivity contribution is 4.77. The van der Waals surface area contributed by atoms with Gasteiger partial charge in [-0.25, -0.2) is 8.78 Å². The lowest BCUT2D eigenvalue weighted by Crippen LogP contribution is -2.43. The van der Waals surface area contributed by atoms with Gasteiger partial charge in [0.2, 0.25) is 0 Å². The van der Waals surface area contributed by atoms with Crippen molar-refractivity contribution in [2.24, 2.45) is 0 Å². The van der Waals surface area contributed by atoms with Crippen LogP contribution in [0.2, 0.25) is 0 Å². The Morgan fingerprint density at radius 1 is 1.53 bits per heavy atom. The van der Waals surface area contributed by atoms with E-state index >= 15 is 0 Å². The van der Waals surface area contributed by atoms with Crippen molar-refractivity contribution in [1.29, 1.82) is 0 Å². The van der Waals surface area contributed by atoms with Gasteiger partial charge in [-0.2, -0.15) is 0 Å². The molecule has 1 saturated heterocycles. The zero-order chi connectivity index (χ0) is 11.3. The van der Waals surface area contributed by atoms with Crippen LogP contribution in [0.25, 0.3) is 0 Å². The van der Waals surface area contributed by atoms with Crippen molar-refractivity contribution < 1.29 is 18.6 Å². The molecule has 15 heavy (non-hydrogen) atoms. The third-order valence-corrected chi connectivity index (χ3v) is 2.73. The van der Waals surface area contributed by atoms with Crippen LogP contribution in [0, 0.1) is 0 Å². The van der Waals surface area contributed by atoms with Gasteiger partial charge in [-0.1, -0.05) is 6.92 Å². The number of rotatable bonds is 5. The fraction of sp³-hybridized carbons (Fsp3) is 1.00. The summed E-state index contributed by atoms with van der Waals surface area (Å²) in [5, 5.41) is 11.9. The zero-order valence-corrected chi connectivity index (χ0v) is 8.96. The lowest BCUT2D eigenvalue weighted by atomic mass is 10.0. The molecule has 0 amide bonds. The molecule has 3 atom stereocenters. The van der Waals surface area contributed by atoms with Crippen molar-refractivity contribution in [2.75, 3.05) is 13.2 Å². The average Bonchev–Trinajstić information content (AvgIpc) is 2.26. The molecule has 1 fully saturated rings. The fourth-order valence-electron chi connectivity index (χ4n) is 1.73. The van der Waals surface area contributed by atoms with E-state index < -0.39 is 12.5 Å². The van der Waals surface area contributed by atoms with Gasteiger partial charge in [0.1, 0.15) is 6.10 Å². The van der Waals surface area contributed by atoms with E-state index in [1.807, 2.05) is 6.92 Å². The van der Waals surface area contributed by atoms with Crippen molar-refractivity contribution in [1.82, 2.24) is 5.32 Å². The topological polar surface area (TPSA) is 41.5 Å². The Labute approximate surface area is 88.8 Å². The standard InChI is InChI=1S/C10H19F2NO2/c1-2-8-5-7(3-4-15-8)13-6-9(14)10(11)12/h7-10,13-14H,2-6H2,1H3. The predicted octanol–water partition coefficient (Wildman–Crippen LogP) is 1.16. The number of aliphatic hydroxyl groups excluding tert-OH is 1. The summed E-state index contributed by atoms with van der Waals surface area (Å²) in [4.78, 5) is 0. The molecule has 90 valence electrons. The second-order valence-corrected chi connectivity index (χ2v) is 3.93. The van der Waals surface area contributed by atoms with Crippen LogP contribution in [0.15, 0.2) is 0 Å². The number of hydrogen-bond acceptors (Lipinski definition) is 3. The Bertz CT molecular complexity index is 181. The highest BCUT2D eigenvalue weighted by Gasteiger charge is 2.23. The van der Waals surface area contributed by atoms with Crippen molar-refractivity contribution in [3.05, 3.63) is 0 Å². The zero-order valence-electron chi connectivity index (χ0n) is 8.96. The van der Waals surface area contributed by atoms with E-state index in [0.29, 0.717) is 6.61 Å². The first-order valence-electron chi connectivity index (χ1n) is 5.44. The average molecular weight is 223 g/mol. The summed E-state index contributed by atoms with van der Waals surface area (Å²) in [5.41, 5.74) is 0. The second kappa shape index (κ2) is 6.35. The Balaban J connectivity index is 2.20. The molecular formula is C10H19F2NO2. The number of nitrogens with one attached hydrogen (secondary N) is 1. The number of ether oxygens (including phenoxy) is 1. The van der Waals surface area contributed by atoms with Crippen LogP contribution < -0.4 is 5.32 Å². The summed E-state index contributed by atoms with van der Waals surface area (Å²) >= 11 is 0. The number of alkyl halides is 2. The van der Waals surface area contributed by atoms with Gasteiger partial charge in [0.05, 0.1) is 6.10 Å². The van der Waals surface area contributed by atoms with Gasteiger partial charge in [0, 0.05) is 19.2 Å². The molecule has 5 heteroatoms. The van der Waals surface area contributed by atoms with Crippen LogP contribution in [-0.4, -0.2) is 42.9 Å². The Morgan fingerprint density at radius 3 is 2.87 bits per heavy atom. The third kappa shape index (κ3) is 4.40. The fourth-order valence-corrected chi connectivity index (χ4v) is 1.73. The second-order valence-electron chi connectivity index (χ2n) is 3.93. The van der Waals surface area contributed by atoms with Crippen molar-refractivity contribution in [3.8, 4) is 0 Å². The van der Waals surface area contributed by atoms with E-state index in [-0.39, 0.29) is 18.7 Å². The molecule has 0 aromatic heterocycles. The lowest BCUT2D eigenvalue weighted by molar-refractivity contribution is -0.0193. The molecule has 0 bridgehead atoms. The Morgan fingerprint density at radius 2 is 2.27 bits per heavy atom. The van der Waals surface area contributed by atoms with Crippen molar-refractivity contribution >= 4 is 0 Å². The van der Waals surface area contributed by atoms with Crippen LogP contribution >= 0.6 is 0 Å². The molecule has 1 aliphatic rings. The van der Waals surface area contributed by atoms with E-state index in [2.05, 4.69) is 5.32 Å². The van der Waals surface area contributed by atoms with Crippen LogP contribution in [0.5, 0.6) is 0 Å². The summed E-state index contributed by atoms with van der Waals surface area (Å²) < 4.78 is 29.5. The van der Waals surface area contributed by atoms with Gasteiger partial charge in [-0.05, 0) is 19.3 Å². The number of hydrogen-bond donors (Lipinski definition) is 2. The molecule has 1 aliphatic heterocycles. The van der Waals surface area contributed by atoms with E-state index in [0.717, 1.165) is 19.3 Å². The molecule has 1 rings (SSSR count). The van der Waals surface area contributed by atoms with Gasteiger partial charge in [0.15, 0.2) is 0 Å². The van der Waals surface area contributed by atoms with Crippen molar-refractivity contribution in [3.63, 3.8) is 0 Å². The summed E-state index contributed by atoms with van der Waals surface area (Å²) in [6, 6.07) is 0.192. The quantitative estimate of drug-likeness (QED) is 0.735. The van der Waals surface area contributed by atoms with Crippen LogP contribution in [0.3, 0.4) is 0 Å². The highest BCUT2D eigenvalue weighted by atomic mass is 19.3. The summed E-state index contributed by atoms with van der Waals surface area (Å²) in [7, 11) is 0. The maximum atomic E-state index is 12.0. The smallest absolute Gasteiger partial charge is 0.265 e. The van der Waals surface area contributed by atoms with E-state index in [9.17, 15) is 8.78 Å². The number of halogens is 2. The molecule has 0 aliphatic carbocycles.